The number of rotatable bonds is 4. The number of hydrogen-bond donors (Lipinski definition) is 1. The van der Waals surface area contributed by atoms with Crippen LogP contribution in [-0.4, -0.2) is 48.5 Å². The summed E-state index contributed by atoms with van der Waals surface area (Å²) in [6.07, 6.45) is 8.62. The van der Waals surface area contributed by atoms with E-state index in [2.05, 4.69) is 11.8 Å². The first kappa shape index (κ1) is 14.3. The molecule has 18 heavy (non-hydrogen) atoms. The quantitative estimate of drug-likeness (QED) is 0.837. The fraction of sp³-hybridized carbons (Fsp3) is 1.00. The highest BCUT2D eigenvalue weighted by Crippen LogP contribution is 2.32. The Hall–Kier alpha value is -0.120. The molecule has 106 valence electrons. The number of piperidine rings is 1. The number of nitrogens with zero attached hydrogens (tertiary/aromatic N) is 1. The van der Waals surface area contributed by atoms with Crippen LogP contribution in [0.5, 0.6) is 0 Å². The summed E-state index contributed by atoms with van der Waals surface area (Å²) in [6, 6.07) is 0.410. The Bertz CT molecular complexity index is 239. The molecule has 3 atom stereocenters. The Morgan fingerprint density at radius 3 is 2.50 bits per heavy atom. The highest BCUT2D eigenvalue weighted by molar-refractivity contribution is 4.89. The zero-order valence-corrected chi connectivity index (χ0v) is 12.0. The molecule has 0 aromatic carbocycles. The van der Waals surface area contributed by atoms with E-state index in [-0.39, 0.29) is 6.10 Å². The van der Waals surface area contributed by atoms with Crippen LogP contribution in [0.25, 0.3) is 0 Å². The number of methoxy groups -OCH3 is 1. The van der Waals surface area contributed by atoms with Gasteiger partial charge in [0, 0.05) is 26.2 Å². The summed E-state index contributed by atoms with van der Waals surface area (Å²) < 4.78 is 5.42. The minimum absolute atomic E-state index is 0.0998. The lowest BCUT2D eigenvalue weighted by Crippen LogP contribution is -2.51. The maximum atomic E-state index is 10.3. The van der Waals surface area contributed by atoms with Gasteiger partial charge in [0.25, 0.3) is 0 Å². The third-order valence-electron chi connectivity index (χ3n) is 4.87. The van der Waals surface area contributed by atoms with E-state index in [1.807, 2.05) is 7.11 Å². The second-order valence-corrected chi connectivity index (χ2v) is 6.07. The van der Waals surface area contributed by atoms with Gasteiger partial charge in [-0.1, -0.05) is 19.8 Å². The highest BCUT2D eigenvalue weighted by Gasteiger charge is 2.34. The number of aliphatic hydroxyl groups excluding tert-OH is 1. The predicted molar refractivity (Wildman–Crippen MR) is 73.6 cm³/mol. The molecule has 1 heterocycles. The van der Waals surface area contributed by atoms with Crippen LogP contribution in [-0.2, 0) is 4.74 Å². The fourth-order valence-electron chi connectivity index (χ4n) is 3.72. The van der Waals surface area contributed by atoms with Gasteiger partial charge in [0.2, 0.25) is 0 Å². The van der Waals surface area contributed by atoms with Crippen molar-refractivity contribution >= 4 is 0 Å². The van der Waals surface area contributed by atoms with Crippen LogP contribution in [0.2, 0.25) is 0 Å². The van der Waals surface area contributed by atoms with E-state index in [0.717, 1.165) is 38.3 Å². The molecule has 3 unspecified atom stereocenters. The Balaban J connectivity index is 1.86. The van der Waals surface area contributed by atoms with Gasteiger partial charge in [0.15, 0.2) is 0 Å². The summed E-state index contributed by atoms with van der Waals surface area (Å²) in [7, 11) is 1.81. The molecule has 0 amide bonds. The van der Waals surface area contributed by atoms with Crippen LogP contribution in [0.3, 0.4) is 0 Å². The van der Waals surface area contributed by atoms with Crippen LogP contribution >= 0.6 is 0 Å². The SMILES string of the molecule is CCCC1CCC(O)C(N2CCC(OC)CC2)C1. The predicted octanol–water partition coefficient (Wildman–Crippen LogP) is 2.43. The van der Waals surface area contributed by atoms with Crippen LogP contribution in [0.4, 0.5) is 0 Å². The van der Waals surface area contributed by atoms with Crippen LogP contribution < -0.4 is 0 Å². The van der Waals surface area contributed by atoms with Crippen molar-refractivity contribution in [3.63, 3.8) is 0 Å². The van der Waals surface area contributed by atoms with E-state index < -0.39 is 0 Å². The molecule has 3 nitrogen and oxygen atoms in total. The van der Waals surface area contributed by atoms with Gasteiger partial charge >= 0.3 is 0 Å². The zero-order valence-electron chi connectivity index (χ0n) is 12.0. The molecular weight excluding hydrogens is 226 g/mol. The third kappa shape index (κ3) is 3.46. The van der Waals surface area contributed by atoms with Gasteiger partial charge in [-0.3, -0.25) is 4.90 Å². The average molecular weight is 255 g/mol. The van der Waals surface area contributed by atoms with Crippen molar-refractivity contribution in [3.05, 3.63) is 0 Å². The van der Waals surface area contributed by atoms with Crippen LogP contribution in [0, 0.1) is 5.92 Å². The van der Waals surface area contributed by atoms with Gasteiger partial charge in [-0.05, 0) is 38.0 Å². The smallest absolute Gasteiger partial charge is 0.0695 e. The zero-order chi connectivity index (χ0) is 13.0. The molecule has 0 spiro atoms. The first-order chi connectivity index (χ1) is 8.74. The Kier molecular flexibility index (Phi) is 5.46. The minimum atomic E-state index is -0.0998. The summed E-state index contributed by atoms with van der Waals surface area (Å²) >= 11 is 0. The summed E-state index contributed by atoms with van der Waals surface area (Å²) in [5, 5.41) is 10.3. The van der Waals surface area contributed by atoms with Crippen molar-refractivity contribution in [2.24, 2.45) is 5.92 Å². The lowest BCUT2D eigenvalue weighted by Gasteiger charge is -2.43. The molecule has 1 saturated carbocycles. The van der Waals surface area contributed by atoms with E-state index in [1.54, 1.807) is 0 Å². The van der Waals surface area contributed by atoms with E-state index in [9.17, 15) is 5.11 Å². The molecule has 1 aliphatic heterocycles. The largest absolute Gasteiger partial charge is 0.391 e. The van der Waals surface area contributed by atoms with E-state index in [1.165, 1.54) is 25.7 Å². The second kappa shape index (κ2) is 6.88. The van der Waals surface area contributed by atoms with E-state index in [4.69, 9.17) is 4.74 Å². The Morgan fingerprint density at radius 1 is 1.17 bits per heavy atom. The minimum Gasteiger partial charge on any atom is -0.391 e. The van der Waals surface area contributed by atoms with Crippen LogP contribution in [0.1, 0.15) is 51.9 Å². The van der Waals surface area contributed by atoms with Crippen molar-refractivity contribution in [3.8, 4) is 0 Å². The maximum absolute atomic E-state index is 10.3. The van der Waals surface area contributed by atoms with Gasteiger partial charge in [-0.15, -0.1) is 0 Å². The first-order valence-electron chi connectivity index (χ1n) is 7.69. The standard InChI is InChI=1S/C15H29NO2/c1-3-4-12-5-6-15(17)14(11-12)16-9-7-13(18-2)8-10-16/h12-15,17H,3-11H2,1-2H3. The molecule has 0 aromatic rings. The molecule has 1 N–H and O–H groups in total. The fourth-order valence-corrected chi connectivity index (χ4v) is 3.72. The Labute approximate surface area is 112 Å². The van der Waals surface area contributed by atoms with Crippen molar-refractivity contribution in [2.45, 2.75) is 70.1 Å². The second-order valence-electron chi connectivity index (χ2n) is 6.07. The van der Waals surface area contributed by atoms with Gasteiger partial charge in [-0.25, -0.2) is 0 Å². The molecule has 2 aliphatic rings. The average Bonchev–Trinajstić information content (AvgIpc) is 2.41. The van der Waals surface area contributed by atoms with Crippen LogP contribution in [0.15, 0.2) is 0 Å². The number of aliphatic hydroxyl groups is 1. The maximum Gasteiger partial charge on any atom is 0.0695 e. The molecule has 2 fully saturated rings. The van der Waals surface area contributed by atoms with E-state index >= 15 is 0 Å². The summed E-state index contributed by atoms with van der Waals surface area (Å²) in [4.78, 5) is 2.52. The van der Waals surface area contributed by atoms with Crippen molar-refractivity contribution in [1.82, 2.24) is 4.90 Å². The van der Waals surface area contributed by atoms with Crippen molar-refractivity contribution in [1.29, 1.82) is 0 Å². The molecule has 0 bridgehead atoms. The summed E-state index contributed by atoms with van der Waals surface area (Å²) in [5.41, 5.74) is 0. The third-order valence-corrected chi connectivity index (χ3v) is 4.87. The van der Waals surface area contributed by atoms with Gasteiger partial charge < -0.3 is 9.84 Å². The normalized spacial score (nSPS) is 35.8. The molecule has 0 aromatic heterocycles. The van der Waals surface area contributed by atoms with E-state index in [0.29, 0.717) is 12.1 Å². The molecule has 1 saturated heterocycles. The molecule has 1 aliphatic carbocycles. The number of likely N-dealkylation sites (tertiary alicyclic amines) is 1. The number of hydrogen-bond acceptors (Lipinski definition) is 3. The molecule has 3 heteroatoms. The Morgan fingerprint density at radius 2 is 1.89 bits per heavy atom. The number of ether oxygens (including phenoxy) is 1. The lowest BCUT2D eigenvalue weighted by atomic mass is 9.80. The van der Waals surface area contributed by atoms with Gasteiger partial charge in [0.05, 0.1) is 12.2 Å². The lowest BCUT2D eigenvalue weighted by molar-refractivity contribution is -0.0324. The topological polar surface area (TPSA) is 32.7 Å². The van der Waals surface area contributed by atoms with Gasteiger partial charge in [0.1, 0.15) is 0 Å². The molecule has 0 radical (unpaired) electrons. The van der Waals surface area contributed by atoms with Crippen molar-refractivity contribution < 1.29 is 9.84 Å². The van der Waals surface area contributed by atoms with Crippen molar-refractivity contribution in [2.75, 3.05) is 20.2 Å². The first-order valence-corrected chi connectivity index (χ1v) is 7.69. The monoisotopic (exact) mass is 255 g/mol. The summed E-state index contributed by atoms with van der Waals surface area (Å²) in [5.74, 6) is 0.837. The highest BCUT2D eigenvalue weighted by atomic mass is 16.5. The molecular formula is C15H29NO2. The van der Waals surface area contributed by atoms with Gasteiger partial charge in [-0.2, -0.15) is 0 Å². The summed E-state index contributed by atoms with van der Waals surface area (Å²) in [6.45, 7) is 4.46. The molecule has 2 rings (SSSR count).